The molecule has 4 aromatic rings. The predicted molar refractivity (Wildman–Crippen MR) is 105 cm³/mol. The first kappa shape index (κ1) is 19.5. The zero-order chi connectivity index (χ0) is 21.3. The number of halogens is 3. The lowest BCUT2D eigenvalue weighted by atomic mass is 10.1. The van der Waals surface area contributed by atoms with E-state index in [1.54, 1.807) is 25.8 Å². The van der Waals surface area contributed by atoms with Gasteiger partial charge in [0.15, 0.2) is 6.61 Å². The molecule has 0 radical (unpaired) electrons. The molecule has 0 saturated heterocycles. The Labute approximate surface area is 168 Å². The molecule has 3 aromatic heterocycles. The van der Waals surface area contributed by atoms with E-state index in [-0.39, 0.29) is 11.4 Å². The molecule has 0 aliphatic rings. The number of fused-ring (bicyclic) bond motifs is 1. The van der Waals surface area contributed by atoms with Crippen molar-refractivity contribution >= 4 is 22.3 Å². The van der Waals surface area contributed by atoms with Crippen molar-refractivity contribution in [2.45, 2.75) is 6.18 Å². The second kappa shape index (κ2) is 7.54. The van der Waals surface area contributed by atoms with Crippen LogP contribution in [0.5, 0.6) is 5.88 Å². The van der Waals surface area contributed by atoms with Crippen molar-refractivity contribution in [3.63, 3.8) is 0 Å². The Morgan fingerprint density at radius 1 is 1.17 bits per heavy atom. The zero-order valence-electron chi connectivity index (χ0n) is 15.7. The molecule has 4 rings (SSSR count). The third kappa shape index (κ3) is 4.12. The third-order valence-corrected chi connectivity index (χ3v) is 4.43. The molecule has 154 valence electrons. The molecule has 1 N–H and O–H groups in total. The highest BCUT2D eigenvalue weighted by Gasteiger charge is 2.28. The van der Waals surface area contributed by atoms with Crippen molar-refractivity contribution < 1.29 is 17.9 Å². The minimum absolute atomic E-state index is 0.144. The Hall–Kier alpha value is -3.82. The van der Waals surface area contributed by atoms with E-state index in [4.69, 9.17) is 0 Å². The number of hydrogen-bond acceptors (Lipinski definition) is 5. The Morgan fingerprint density at radius 3 is 2.67 bits per heavy atom. The van der Waals surface area contributed by atoms with Crippen LogP contribution in [0, 0.1) is 0 Å². The second-order valence-electron chi connectivity index (χ2n) is 6.54. The van der Waals surface area contributed by atoms with E-state index in [2.05, 4.69) is 20.0 Å². The summed E-state index contributed by atoms with van der Waals surface area (Å²) in [6.07, 6.45) is 2.04. The standard InChI is InChI=1S/C20H16F3N5O2/c1-27-17-4-3-14(28-7-6-24-12-28)8-15(17)16(9-19(27)29)26-13-2-5-18(25-10-13)30-11-20(21,22)23/h2-10,12,26H,11H2,1H3. The predicted octanol–water partition coefficient (Wildman–Crippen LogP) is 3.80. The molecule has 0 spiro atoms. The van der Waals surface area contributed by atoms with Gasteiger partial charge >= 0.3 is 6.18 Å². The van der Waals surface area contributed by atoms with Gasteiger partial charge in [-0.25, -0.2) is 9.97 Å². The summed E-state index contributed by atoms with van der Waals surface area (Å²) in [6, 6.07) is 9.93. The van der Waals surface area contributed by atoms with E-state index in [0.717, 1.165) is 11.1 Å². The monoisotopic (exact) mass is 415 g/mol. The summed E-state index contributed by atoms with van der Waals surface area (Å²) in [6.45, 7) is -1.41. The van der Waals surface area contributed by atoms with E-state index in [1.165, 1.54) is 29.0 Å². The van der Waals surface area contributed by atoms with Crippen molar-refractivity contribution in [3.05, 3.63) is 71.7 Å². The molecule has 0 unspecified atom stereocenters. The van der Waals surface area contributed by atoms with Gasteiger partial charge in [-0.2, -0.15) is 13.2 Å². The highest BCUT2D eigenvalue weighted by Crippen LogP contribution is 2.27. The number of aryl methyl sites for hydroxylation is 1. The van der Waals surface area contributed by atoms with Gasteiger partial charge in [0.25, 0.3) is 5.56 Å². The number of pyridine rings is 2. The van der Waals surface area contributed by atoms with E-state index >= 15 is 0 Å². The summed E-state index contributed by atoms with van der Waals surface area (Å²) in [5.74, 6) is -0.144. The van der Waals surface area contributed by atoms with Crippen molar-refractivity contribution in [3.8, 4) is 11.6 Å². The zero-order valence-corrected chi connectivity index (χ0v) is 15.7. The molecule has 3 heterocycles. The molecule has 0 bridgehead atoms. The van der Waals surface area contributed by atoms with E-state index in [0.29, 0.717) is 16.9 Å². The number of ether oxygens (including phenoxy) is 1. The first-order valence-electron chi connectivity index (χ1n) is 8.85. The van der Waals surface area contributed by atoms with Gasteiger partial charge in [-0.1, -0.05) is 0 Å². The molecule has 1 aromatic carbocycles. The van der Waals surface area contributed by atoms with Crippen molar-refractivity contribution in [1.29, 1.82) is 0 Å². The van der Waals surface area contributed by atoms with Gasteiger partial charge in [0.1, 0.15) is 0 Å². The van der Waals surface area contributed by atoms with Crippen LogP contribution < -0.4 is 15.6 Å². The molecule has 10 heteroatoms. The maximum atomic E-state index is 12.4. The number of hydrogen-bond donors (Lipinski definition) is 1. The smallest absolute Gasteiger partial charge is 0.422 e. The number of nitrogens with one attached hydrogen (secondary N) is 1. The van der Waals surface area contributed by atoms with Crippen LogP contribution in [0.15, 0.2) is 66.1 Å². The lowest BCUT2D eigenvalue weighted by molar-refractivity contribution is -0.154. The van der Waals surface area contributed by atoms with Gasteiger partial charge in [0.2, 0.25) is 5.88 Å². The number of anilines is 2. The summed E-state index contributed by atoms with van der Waals surface area (Å²) < 4.78 is 44.8. The van der Waals surface area contributed by atoms with Crippen LogP contribution in [-0.4, -0.2) is 31.9 Å². The maximum Gasteiger partial charge on any atom is 0.422 e. The molecule has 0 amide bonds. The van der Waals surface area contributed by atoms with Crippen molar-refractivity contribution in [2.24, 2.45) is 7.05 Å². The minimum atomic E-state index is -4.44. The van der Waals surface area contributed by atoms with Gasteiger partial charge in [0, 0.05) is 42.6 Å². The van der Waals surface area contributed by atoms with E-state index < -0.39 is 12.8 Å². The number of aromatic nitrogens is 4. The van der Waals surface area contributed by atoms with Crippen LogP contribution in [0.2, 0.25) is 0 Å². The average molecular weight is 415 g/mol. The SMILES string of the molecule is Cn1c(=O)cc(Nc2ccc(OCC(F)(F)F)nc2)c2cc(-n3ccnc3)ccc21. The third-order valence-electron chi connectivity index (χ3n) is 4.43. The Morgan fingerprint density at radius 2 is 2.00 bits per heavy atom. The first-order valence-corrected chi connectivity index (χ1v) is 8.85. The quantitative estimate of drug-likeness (QED) is 0.537. The van der Waals surface area contributed by atoms with E-state index in [1.807, 2.05) is 22.8 Å². The summed E-state index contributed by atoms with van der Waals surface area (Å²) in [4.78, 5) is 20.3. The van der Waals surface area contributed by atoms with Crippen LogP contribution in [0.25, 0.3) is 16.6 Å². The molecule has 0 fully saturated rings. The van der Waals surface area contributed by atoms with E-state index in [9.17, 15) is 18.0 Å². The maximum absolute atomic E-state index is 12.4. The Bertz CT molecular complexity index is 1230. The van der Waals surface area contributed by atoms with Crippen molar-refractivity contribution in [1.82, 2.24) is 19.1 Å². The molecule has 0 aliphatic heterocycles. The summed E-state index contributed by atoms with van der Waals surface area (Å²) in [5, 5.41) is 3.89. The number of benzene rings is 1. The fourth-order valence-electron chi connectivity index (χ4n) is 2.98. The average Bonchev–Trinajstić information content (AvgIpc) is 3.25. The normalized spacial score (nSPS) is 11.6. The van der Waals surface area contributed by atoms with Crippen LogP contribution in [0.3, 0.4) is 0 Å². The number of rotatable bonds is 5. The second-order valence-corrected chi connectivity index (χ2v) is 6.54. The van der Waals surface area contributed by atoms with Gasteiger partial charge in [-0.3, -0.25) is 4.79 Å². The highest BCUT2D eigenvalue weighted by atomic mass is 19.4. The van der Waals surface area contributed by atoms with Crippen LogP contribution >= 0.6 is 0 Å². The Balaban J connectivity index is 1.67. The van der Waals surface area contributed by atoms with Crippen LogP contribution in [0.4, 0.5) is 24.5 Å². The molecule has 0 aliphatic carbocycles. The minimum Gasteiger partial charge on any atom is -0.468 e. The molecule has 7 nitrogen and oxygen atoms in total. The van der Waals surface area contributed by atoms with Crippen molar-refractivity contribution in [2.75, 3.05) is 11.9 Å². The fraction of sp³-hybridized carbons (Fsp3) is 0.150. The van der Waals surface area contributed by atoms with Crippen LogP contribution in [0.1, 0.15) is 0 Å². The van der Waals surface area contributed by atoms with Gasteiger partial charge < -0.3 is 19.2 Å². The number of alkyl halides is 3. The largest absolute Gasteiger partial charge is 0.468 e. The topological polar surface area (TPSA) is 74.0 Å². The lowest BCUT2D eigenvalue weighted by Crippen LogP contribution is -2.19. The Kier molecular flexibility index (Phi) is 4.90. The molecule has 0 saturated carbocycles. The first-order chi connectivity index (χ1) is 14.3. The summed E-state index contributed by atoms with van der Waals surface area (Å²) >= 11 is 0. The molecular weight excluding hydrogens is 399 g/mol. The number of nitrogens with zero attached hydrogens (tertiary/aromatic N) is 4. The van der Waals surface area contributed by atoms with Gasteiger partial charge in [-0.15, -0.1) is 0 Å². The van der Waals surface area contributed by atoms with Crippen LogP contribution in [-0.2, 0) is 7.05 Å². The summed E-state index contributed by atoms with van der Waals surface area (Å²) in [7, 11) is 1.68. The van der Waals surface area contributed by atoms with Gasteiger partial charge in [0.05, 0.1) is 29.4 Å². The highest BCUT2D eigenvalue weighted by molar-refractivity contribution is 5.94. The fourth-order valence-corrected chi connectivity index (χ4v) is 2.98. The molecule has 0 atom stereocenters. The lowest BCUT2D eigenvalue weighted by Gasteiger charge is -2.14. The summed E-state index contributed by atoms with van der Waals surface area (Å²) in [5.41, 5.74) is 2.40. The molecular formula is C20H16F3N5O2. The van der Waals surface area contributed by atoms with Gasteiger partial charge in [-0.05, 0) is 24.3 Å². The number of imidazole rings is 1. The molecule has 30 heavy (non-hydrogen) atoms.